The van der Waals surface area contributed by atoms with E-state index in [0.717, 1.165) is 62.8 Å². The van der Waals surface area contributed by atoms with E-state index in [9.17, 15) is 24.8 Å². The first-order chi connectivity index (χ1) is 29.0. The number of hydrogen-bond acceptors (Lipinski definition) is 7. The van der Waals surface area contributed by atoms with Crippen molar-refractivity contribution in [3.63, 3.8) is 0 Å². The standard InChI is InChI=1S/C47H49N9O4/c1-28(2)41(53-47(59)60)45(57)55-20-8-11-39(55)43-49-26-38(52-43)36-19-18-34-22-33(16-17-35(34)23-36)30-12-14-31(15-13-30)37-25-50-44(51-37)40-21-29(24-48)27-56(40)46(58)42(54(3)4)32-9-6-5-7-10-32/h5-7,9-10,12-19,22-23,25-26,28-29,39-42,53H,8,11,20-21,27H2,1-4H3,(H,49,52)(H,50,51)(H,59,60). The summed E-state index contributed by atoms with van der Waals surface area (Å²) in [6.07, 6.45) is 4.47. The van der Waals surface area contributed by atoms with E-state index in [4.69, 9.17) is 4.98 Å². The van der Waals surface area contributed by atoms with E-state index < -0.39 is 18.2 Å². The van der Waals surface area contributed by atoms with E-state index in [1.165, 1.54) is 0 Å². The van der Waals surface area contributed by atoms with Crippen LogP contribution < -0.4 is 5.32 Å². The van der Waals surface area contributed by atoms with Gasteiger partial charge in [0.2, 0.25) is 11.8 Å². The molecule has 8 rings (SSSR count). The Hall–Kier alpha value is -6.78. The van der Waals surface area contributed by atoms with Gasteiger partial charge in [-0.2, -0.15) is 5.26 Å². The number of carbonyl (C=O) groups is 3. The van der Waals surface area contributed by atoms with E-state index in [-0.39, 0.29) is 35.7 Å². The van der Waals surface area contributed by atoms with Crippen LogP contribution in [-0.4, -0.2) is 90.9 Å². The number of H-pyrrole nitrogens is 2. The van der Waals surface area contributed by atoms with Gasteiger partial charge in [0, 0.05) is 18.7 Å². The summed E-state index contributed by atoms with van der Waals surface area (Å²) in [5.41, 5.74) is 6.68. The van der Waals surface area contributed by atoms with Crippen LogP contribution in [0, 0.1) is 23.2 Å². The zero-order valence-corrected chi connectivity index (χ0v) is 34.2. The van der Waals surface area contributed by atoms with Crippen molar-refractivity contribution in [3.8, 4) is 39.7 Å². The maximum Gasteiger partial charge on any atom is 0.405 e. The zero-order chi connectivity index (χ0) is 42.1. The Bertz CT molecular complexity index is 2560. The molecule has 5 unspecified atom stereocenters. The number of carboxylic acid groups (broad SMARTS) is 1. The minimum absolute atomic E-state index is 0.0475. The van der Waals surface area contributed by atoms with Crippen molar-refractivity contribution in [2.45, 2.75) is 57.3 Å². The maximum atomic E-state index is 14.1. The Labute approximate surface area is 349 Å². The van der Waals surface area contributed by atoms with Crippen LogP contribution in [0.3, 0.4) is 0 Å². The highest BCUT2D eigenvalue weighted by molar-refractivity contribution is 5.91. The number of rotatable bonds is 11. The molecule has 2 saturated heterocycles. The highest BCUT2D eigenvalue weighted by Crippen LogP contribution is 2.38. The number of aromatic amines is 2. The molecule has 306 valence electrons. The SMILES string of the molecule is CC(C)C(NC(=O)O)C(=O)N1CCCC1c1ncc(-c2ccc3cc(-c4ccc(-c5cnc(C6CC(C#N)CN6C(=O)C(c6ccccc6)N(C)C)[nH]5)cc4)ccc3c2)[nH]1. The van der Waals surface area contributed by atoms with Gasteiger partial charge in [-0.3, -0.25) is 14.5 Å². The van der Waals surface area contributed by atoms with Crippen LogP contribution in [0.4, 0.5) is 4.79 Å². The molecule has 5 atom stereocenters. The van der Waals surface area contributed by atoms with Crippen molar-refractivity contribution in [1.82, 2.24) is 40.0 Å². The lowest BCUT2D eigenvalue weighted by Crippen LogP contribution is -2.50. The summed E-state index contributed by atoms with van der Waals surface area (Å²) >= 11 is 0. The van der Waals surface area contributed by atoms with Crippen LogP contribution in [0.15, 0.2) is 103 Å². The molecule has 13 nitrogen and oxygen atoms in total. The van der Waals surface area contributed by atoms with Gasteiger partial charge in [0.05, 0.1) is 47.9 Å². The van der Waals surface area contributed by atoms with Gasteiger partial charge < -0.3 is 30.2 Å². The van der Waals surface area contributed by atoms with Crippen LogP contribution in [0.2, 0.25) is 0 Å². The van der Waals surface area contributed by atoms with Crippen LogP contribution >= 0.6 is 0 Å². The Morgan fingerprint density at radius 3 is 2.03 bits per heavy atom. The second-order valence-corrected chi connectivity index (χ2v) is 16.4. The molecule has 6 aromatic rings. The highest BCUT2D eigenvalue weighted by atomic mass is 16.4. The predicted octanol–water partition coefficient (Wildman–Crippen LogP) is 7.96. The number of fused-ring (bicyclic) bond motifs is 1. The van der Waals surface area contributed by atoms with Crippen molar-refractivity contribution in [3.05, 3.63) is 121 Å². The summed E-state index contributed by atoms with van der Waals surface area (Å²) in [5, 5.41) is 23.7. The van der Waals surface area contributed by atoms with Crippen molar-refractivity contribution in [1.29, 1.82) is 5.26 Å². The number of carbonyl (C=O) groups excluding carboxylic acids is 2. The number of likely N-dealkylation sites (tertiary alicyclic amines) is 2. The number of aromatic nitrogens is 4. The quantitative estimate of drug-likeness (QED) is 0.102. The Morgan fingerprint density at radius 1 is 0.800 bits per heavy atom. The summed E-state index contributed by atoms with van der Waals surface area (Å²) < 4.78 is 0. The normalized spacial score (nSPS) is 18.9. The monoisotopic (exact) mass is 803 g/mol. The third-order valence-electron chi connectivity index (χ3n) is 11.9. The average Bonchev–Trinajstić information content (AvgIpc) is 4.09. The number of hydrogen-bond donors (Lipinski definition) is 4. The van der Waals surface area contributed by atoms with Crippen LogP contribution in [0.1, 0.15) is 68.4 Å². The minimum atomic E-state index is -1.21. The molecule has 0 bridgehead atoms. The topological polar surface area (TPSA) is 174 Å². The molecule has 0 radical (unpaired) electrons. The fraction of sp³-hybridized carbons (Fsp3) is 0.319. The molecular formula is C47H49N9O4. The Kier molecular flexibility index (Phi) is 11.2. The van der Waals surface area contributed by atoms with E-state index in [2.05, 4.69) is 87.0 Å². The molecule has 4 N–H and O–H groups in total. The van der Waals surface area contributed by atoms with Crippen LogP contribution in [0.5, 0.6) is 0 Å². The van der Waals surface area contributed by atoms with Gasteiger partial charge in [-0.25, -0.2) is 14.8 Å². The first kappa shape index (κ1) is 40.0. The molecule has 0 saturated carbocycles. The molecule has 4 aromatic carbocycles. The summed E-state index contributed by atoms with van der Waals surface area (Å²) in [7, 11) is 3.80. The third-order valence-corrected chi connectivity index (χ3v) is 11.9. The Balaban J connectivity index is 0.961. The fourth-order valence-electron chi connectivity index (χ4n) is 8.77. The second-order valence-electron chi connectivity index (χ2n) is 16.4. The van der Waals surface area contributed by atoms with Gasteiger partial charge in [0.25, 0.3) is 0 Å². The number of nitriles is 1. The molecule has 2 aliphatic rings. The number of amides is 3. The van der Waals surface area contributed by atoms with E-state index in [1.807, 2.05) is 68.1 Å². The van der Waals surface area contributed by atoms with Crippen molar-refractivity contribution in [2.24, 2.45) is 11.8 Å². The first-order valence-corrected chi connectivity index (χ1v) is 20.4. The predicted molar refractivity (Wildman–Crippen MR) is 229 cm³/mol. The summed E-state index contributed by atoms with van der Waals surface area (Å²) in [4.78, 5) is 60.7. The van der Waals surface area contributed by atoms with Crippen LogP contribution in [-0.2, 0) is 9.59 Å². The van der Waals surface area contributed by atoms with Crippen molar-refractivity contribution in [2.75, 3.05) is 27.2 Å². The summed E-state index contributed by atoms with van der Waals surface area (Å²) in [6, 6.07) is 31.2. The maximum absolute atomic E-state index is 14.1. The molecule has 2 aromatic heterocycles. The lowest BCUT2D eigenvalue weighted by Gasteiger charge is -2.31. The van der Waals surface area contributed by atoms with E-state index in [1.54, 1.807) is 17.3 Å². The van der Waals surface area contributed by atoms with Gasteiger partial charge in [0.1, 0.15) is 23.7 Å². The minimum Gasteiger partial charge on any atom is -0.465 e. The summed E-state index contributed by atoms with van der Waals surface area (Å²) in [5.74, 6) is 0.624. The molecule has 4 heterocycles. The average molecular weight is 804 g/mol. The molecule has 60 heavy (non-hydrogen) atoms. The lowest BCUT2D eigenvalue weighted by molar-refractivity contribution is -0.137. The van der Waals surface area contributed by atoms with Crippen LogP contribution in [0.25, 0.3) is 44.4 Å². The smallest absolute Gasteiger partial charge is 0.405 e. The number of benzene rings is 4. The van der Waals surface area contributed by atoms with Gasteiger partial charge in [-0.05, 0) is 84.4 Å². The number of nitrogens with one attached hydrogen (secondary N) is 3. The van der Waals surface area contributed by atoms with E-state index in [0.29, 0.717) is 31.2 Å². The second kappa shape index (κ2) is 16.8. The third kappa shape index (κ3) is 7.98. The highest BCUT2D eigenvalue weighted by Gasteiger charge is 2.41. The number of likely N-dealkylation sites (N-methyl/N-ethyl adjacent to an activating group) is 1. The van der Waals surface area contributed by atoms with Crippen molar-refractivity contribution >= 4 is 28.7 Å². The lowest BCUT2D eigenvalue weighted by atomic mass is 9.98. The Morgan fingerprint density at radius 2 is 1.40 bits per heavy atom. The van der Waals surface area contributed by atoms with Gasteiger partial charge in [-0.1, -0.05) is 92.7 Å². The summed E-state index contributed by atoms with van der Waals surface area (Å²) in [6.45, 7) is 4.58. The number of imidazole rings is 2. The molecule has 0 aliphatic carbocycles. The fourth-order valence-corrected chi connectivity index (χ4v) is 8.77. The van der Waals surface area contributed by atoms with E-state index >= 15 is 0 Å². The molecule has 0 spiro atoms. The zero-order valence-electron chi connectivity index (χ0n) is 34.2. The first-order valence-electron chi connectivity index (χ1n) is 20.4. The molecule has 3 amide bonds. The van der Waals surface area contributed by atoms with Gasteiger partial charge in [-0.15, -0.1) is 0 Å². The van der Waals surface area contributed by atoms with Gasteiger partial charge >= 0.3 is 6.09 Å². The molecule has 2 fully saturated rings. The number of nitrogens with zero attached hydrogens (tertiary/aromatic N) is 6. The van der Waals surface area contributed by atoms with Crippen molar-refractivity contribution < 1.29 is 19.5 Å². The van der Waals surface area contributed by atoms with Gasteiger partial charge in [0.15, 0.2) is 0 Å². The molecular weight excluding hydrogens is 755 g/mol. The molecule has 2 aliphatic heterocycles. The largest absolute Gasteiger partial charge is 0.465 e. The molecule has 13 heteroatoms.